The predicted octanol–water partition coefficient (Wildman–Crippen LogP) is 3.29. The molecule has 0 spiro atoms. The number of rotatable bonds is 9. The van der Waals surface area contributed by atoms with Crippen LogP contribution in [0.2, 0.25) is 0 Å². The number of aromatic nitrogens is 1. The number of nitrogens with one attached hydrogen (secondary N) is 2. The number of guanidine groups is 1. The molecule has 0 atom stereocenters. The maximum atomic E-state index is 12.3. The summed E-state index contributed by atoms with van der Waals surface area (Å²) in [7, 11) is 0. The summed E-state index contributed by atoms with van der Waals surface area (Å²) in [5, 5.41) is 10.8. The Hall–Kier alpha value is -2.30. The molecule has 0 unspecified atom stereocenters. The van der Waals surface area contributed by atoms with Crippen LogP contribution in [0.5, 0.6) is 5.75 Å². The van der Waals surface area contributed by atoms with Gasteiger partial charge in [-0.15, -0.1) is 24.0 Å². The number of hydrogen-bond acceptors (Lipinski definition) is 5. The number of ether oxygens (including phenoxy) is 1. The maximum Gasteiger partial charge on any atom is 0.265 e. The number of fused-ring (bicyclic) bond motifs is 1. The van der Waals surface area contributed by atoms with E-state index in [1.807, 2.05) is 31.2 Å². The second kappa shape index (κ2) is 12.5. The highest BCUT2D eigenvalue weighted by atomic mass is 127. The van der Waals surface area contributed by atoms with E-state index in [0.717, 1.165) is 60.2 Å². The van der Waals surface area contributed by atoms with Crippen molar-refractivity contribution in [3.63, 3.8) is 0 Å². The summed E-state index contributed by atoms with van der Waals surface area (Å²) in [4.78, 5) is 18.8. The van der Waals surface area contributed by atoms with Gasteiger partial charge in [-0.25, -0.2) is 4.99 Å². The summed E-state index contributed by atoms with van der Waals surface area (Å²) < 4.78 is 10.9. The fourth-order valence-corrected chi connectivity index (χ4v) is 3.46. The van der Waals surface area contributed by atoms with Crippen LogP contribution in [-0.4, -0.2) is 43.3 Å². The monoisotopic (exact) mass is 541 g/mol. The molecule has 3 rings (SSSR count). The lowest BCUT2D eigenvalue weighted by molar-refractivity contribution is -0.121. The van der Waals surface area contributed by atoms with Gasteiger partial charge in [-0.05, 0) is 31.9 Å². The first-order valence-electron chi connectivity index (χ1n) is 10.7. The molecule has 2 aromatic rings. The molecule has 0 aliphatic carbocycles. The summed E-state index contributed by atoms with van der Waals surface area (Å²) in [6, 6.07) is 7.64. The summed E-state index contributed by atoms with van der Waals surface area (Å²) >= 11 is 0. The van der Waals surface area contributed by atoms with Gasteiger partial charge in [-0.3, -0.25) is 4.79 Å². The standard InChI is InChI=1S/C22H31N5O3.HI/c1-4-17-16(19(5-2)30-26-17)14-25-22(23-6-3)24-12-9-13-27-18-10-7-8-11-20(18)29-15-21(27)28;/h7-8,10-11H,4-6,9,12-15H2,1-3H3,(H2,23,24,25);1H. The fraction of sp³-hybridized carbons (Fsp3) is 0.500. The molecule has 1 aromatic heterocycles. The third-order valence-corrected chi connectivity index (χ3v) is 5.01. The molecule has 1 amide bonds. The van der Waals surface area contributed by atoms with Crippen molar-refractivity contribution >= 4 is 41.5 Å². The van der Waals surface area contributed by atoms with Crippen LogP contribution in [0.4, 0.5) is 5.69 Å². The largest absolute Gasteiger partial charge is 0.482 e. The van der Waals surface area contributed by atoms with Gasteiger partial charge in [-0.2, -0.15) is 0 Å². The SMILES string of the molecule is CCNC(=NCc1c(CC)noc1CC)NCCCN1C(=O)COc2ccccc21.I. The maximum absolute atomic E-state index is 12.3. The highest BCUT2D eigenvalue weighted by Gasteiger charge is 2.24. The summed E-state index contributed by atoms with van der Waals surface area (Å²) in [6.07, 6.45) is 2.42. The number of carbonyl (C=O) groups is 1. The minimum Gasteiger partial charge on any atom is -0.482 e. The third-order valence-electron chi connectivity index (χ3n) is 5.01. The second-order valence-electron chi connectivity index (χ2n) is 7.02. The van der Waals surface area contributed by atoms with E-state index in [9.17, 15) is 4.79 Å². The number of carbonyl (C=O) groups excluding carboxylic acids is 1. The van der Waals surface area contributed by atoms with Gasteiger partial charge >= 0.3 is 0 Å². The predicted molar refractivity (Wildman–Crippen MR) is 132 cm³/mol. The quantitative estimate of drug-likeness (QED) is 0.219. The first-order chi connectivity index (χ1) is 14.7. The van der Waals surface area contributed by atoms with Gasteiger partial charge in [0.25, 0.3) is 5.91 Å². The van der Waals surface area contributed by atoms with E-state index in [2.05, 4.69) is 29.6 Å². The number of nitrogens with zero attached hydrogens (tertiary/aromatic N) is 3. The first kappa shape index (κ1) is 25.0. The Balaban J connectivity index is 0.00000341. The van der Waals surface area contributed by atoms with Gasteiger partial charge < -0.3 is 24.8 Å². The topological polar surface area (TPSA) is 92.0 Å². The minimum atomic E-state index is -0.0130. The van der Waals surface area contributed by atoms with Crippen LogP contribution in [0.3, 0.4) is 0 Å². The Morgan fingerprint density at radius 3 is 2.74 bits per heavy atom. The average Bonchev–Trinajstić information content (AvgIpc) is 3.18. The van der Waals surface area contributed by atoms with E-state index >= 15 is 0 Å². The van der Waals surface area contributed by atoms with Crippen molar-refractivity contribution in [2.24, 2.45) is 4.99 Å². The van der Waals surface area contributed by atoms with E-state index in [1.54, 1.807) is 4.90 Å². The Labute approximate surface area is 200 Å². The molecule has 0 saturated heterocycles. The Bertz CT molecular complexity index is 862. The third kappa shape index (κ3) is 6.34. The molecule has 0 fully saturated rings. The molecule has 1 aliphatic heterocycles. The highest BCUT2D eigenvalue weighted by molar-refractivity contribution is 14.0. The molecule has 2 heterocycles. The molecule has 1 aliphatic rings. The Morgan fingerprint density at radius 1 is 1.19 bits per heavy atom. The fourth-order valence-electron chi connectivity index (χ4n) is 3.46. The molecule has 1 aromatic carbocycles. The van der Waals surface area contributed by atoms with Gasteiger partial charge in [0.15, 0.2) is 12.6 Å². The van der Waals surface area contributed by atoms with Crippen molar-refractivity contribution in [3.05, 3.63) is 41.3 Å². The number of hydrogen-bond donors (Lipinski definition) is 2. The van der Waals surface area contributed by atoms with Gasteiger partial charge in [0.05, 0.1) is 17.9 Å². The van der Waals surface area contributed by atoms with E-state index < -0.39 is 0 Å². The lowest BCUT2D eigenvalue weighted by Crippen LogP contribution is -2.42. The van der Waals surface area contributed by atoms with Crippen molar-refractivity contribution in [1.29, 1.82) is 0 Å². The zero-order valence-electron chi connectivity index (χ0n) is 18.4. The molecular weight excluding hydrogens is 509 g/mol. The van der Waals surface area contributed by atoms with Crippen molar-refractivity contribution in [2.45, 2.75) is 46.6 Å². The van der Waals surface area contributed by atoms with E-state index in [1.165, 1.54) is 0 Å². The normalized spacial score (nSPS) is 13.3. The zero-order chi connectivity index (χ0) is 21.3. The minimum absolute atomic E-state index is 0. The lowest BCUT2D eigenvalue weighted by Gasteiger charge is -2.29. The number of aryl methyl sites for hydroxylation is 2. The van der Waals surface area contributed by atoms with Crippen molar-refractivity contribution in [3.8, 4) is 5.75 Å². The molecule has 170 valence electrons. The lowest BCUT2D eigenvalue weighted by atomic mass is 10.1. The molecule has 8 nitrogen and oxygen atoms in total. The number of benzene rings is 1. The number of amides is 1. The summed E-state index contributed by atoms with van der Waals surface area (Å²) in [6.45, 7) is 8.87. The van der Waals surface area contributed by atoms with Crippen LogP contribution in [0.25, 0.3) is 0 Å². The van der Waals surface area contributed by atoms with Crippen LogP contribution in [0.1, 0.15) is 44.2 Å². The van der Waals surface area contributed by atoms with Gasteiger partial charge in [0, 0.05) is 31.6 Å². The molecule has 31 heavy (non-hydrogen) atoms. The zero-order valence-corrected chi connectivity index (χ0v) is 20.8. The van der Waals surface area contributed by atoms with Crippen molar-refractivity contribution in [2.75, 3.05) is 31.1 Å². The van der Waals surface area contributed by atoms with Crippen LogP contribution < -0.4 is 20.3 Å². The number of aliphatic imine (C=N–C) groups is 1. The van der Waals surface area contributed by atoms with Crippen LogP contribution in [0, 0.1) is 0 Å². The van der Waals surface area contributed by atoms with Gasteiger partial charge in [0.2, 0.25) is 0 Å². The van der Waals surface area contributed by atoms with Gasteiger partial charge in [0.1, 0.15) is 11.5 Å². The number of para-hydroxylation sites is 2. The second-order valence-corrected chi connectivity index (χ2v) is 7.02. The molecule has 2 N–H and O–H groups in total. The molecular formula is C22H32IN5O3. The first-order valence-corrected chi connectivity index (χ1v) is 10.7. The van der Waals surface area contributed by atoms with Crippen molar-refractivity contribution in [1.82, 2.24) is 15.8 Å². The number of anilines is 1. The van der Waals surface area contributed by atoms with Crippen LogP contribution in [-0.2, 0) is 24.2 Å². The Morgan fingerprint density at radius 2 is 2.00 bits per heavy atom. The summed E-state index contributed by atoms with van der Waals surface area (Å²) in [5.41, 5.74) is 2.88. The molecule has 0 saturated carbocycles. The van der Waals surface area contributed by atoms with E-state index in [0.29, 0.717) is 19.6 Å². The van der Waals surface area contributed by atoms with E-state index in [4.69, 9.17) is 14.3 Å². The van der Waals surface area contributed by atoms with Crippen molar-refractivity contribution < 1.29 is 14.1 Å². The summed E-state index contributed by atoms with van der Waals surface area (Å²) in [5.74, 6) is 2.39. The molecule has 9 heteroatoms. The molecule has 0 radical (unpaired) electrons. The average molecular weight is 541 g/mol. The smallest absolute Gasteiger partial charge is 0.265 e. The number of halogens is 1. The van der Waals surface area contributed by atoms with Crippen LogP contribution >= 0.6 is 24.0 Å². The highest BCUT2D eigenvalue weighted by Crippen LogP contribution is 2.31. The van der Waals surface area contributed by atoms with Gasteiger partial charge in [-0.1, -0.05) is 31.1 Å². The Kier molecular flexibility index (Phi) is 10.1. The van der Waals surface area contributed by atoms with E-state index in [-0.39, 0.29) is 36.5 Å². The molecule has 0 bridgehead atoms. The van der Waals surface area contributed by atoms with Crippen LogP contribution in [0.15, 0.2) is 33.8 Å².